The molecule has 0 radical (unpaired) electrons. The summed E-state index contributed by atoms with van der Waals surface area (Å²) in [5.74, 6) is -2.27. The smallest absolute Gasteiger partial charge is 0.307 e. The summed E-state index contributed by atoms with van der Waals surface area (Å²) in [6.45, 7) is 0. The minimum absolute atomic E-state index is 0.0330. The van der Waals surface area contributed by atoms with Crippen molar-refractivity contribution in [2.45, 2.75) is 6.42 Å². The predicted molar refractivity (Wildman–Crippen MR) is 77.4 cm³/mol. The molecule has 0 fully saturated rings. The number of hydrogen-bond acceptors (Lipinski definition) is 2. The number of aliphatic carboxylic acids is 1. The summed E-state index contributed by atoms with van der Waals surface area (Å²) in [4.78, 5) is 10.8. The molecule has 0 saturated carbocycles. The first-order valence-corrected chi connectivity index (χ1v) is 6.54. The second-order valence-corrected chi connectivity index (χ2v) is 5.06. The number of carboxylic acids is 1. The van der Waals surface area contributed by atoms with Gasteiger partial charge in [-0.15, -0.1) is 0 Å². The molecule has 0 saturated heterocycles. The second kappa shape index (κ2) is 6.28. The third-order valence-corrected chi connectivity index (χ3v) is 3.27. The van der Waals surface area contributed by atoms with Gasteiger partial charge in [0.25, 0.3) is 0 Å². The Morgan fingerprint density at radius 1 is 1.10 bits per heavy atom. The first-order chi connectivity index (χ1) is 9.86. The van der Waals surface area contributed by atoms with Crippen LogP contribution in [0.5, 0.6) is 0 Å². The van der Waals surface area contributed by atoms with E-state index in [9.17, 15) is 13.6 Å². The highest BCUT2D eigenvalue weighted by Gasteiger charge is 2.13. The van der Waals surface area contributed by atoms with Gasteiger partial charge in [0, 0.05) is 5.69 Å². The normalized spacial score (nSPS) is 10.5. The number of benzene rings is 2. The molecule has 3 nitrogen and oxygen atoms in total. The van der Waals surface area contributed by atoms with Crippen LogP contribution in [-0.4, -0.2) is 11.1 Å². The Labute approximate surface area is 129 Å². The lowest BCUT2D eigenvalue weighted by molar-refractivity contribution is -0.136. The van der Waals surface area contributed by atoms with Crippen LogP contribution in [0.2, 0.25) is 10.0 Å². The van der Waals surface area contributed by atoms with E-state index in [4.69, 9.17) is 28.3 Å². The Kier molecular flexibility index (Phi) is 4.65. The lowest BCUT2D eigenvalue weighted by Gasteiger charge is -2.14. The van der Waals surface area contributed by atoms with Crippen LogP contribution < -0.4 is 5.32 Å². The van der Waals surface area contributed by atoms with Crippen LogP contribution in [0.25, 0.3) is 0 Å². The van der Waals surface area contributed by atoms with Gasteiger partial charge in [0.15, 0.2) is 0 Å². The molecule has 110 valence electrons. The summed E-state index contributed by atoms with van der Waals surface area (Å²) in [6.07, 6.45) is -0.378. The third-order valence-electron chi connectivity index (χ3n) is 2.68. The molecule has 2 aromatic carbocycles. The quantitative estimate of drug-likeness (QED) is 0.857. The third kappa shape index (κ3) is 3.83. The monoisotopic (exact) mass is 331 g/mol. The van der Waals surface area contributed by atoms with E-state index >= 15 is 0 Å². The van der Waals surface area contributed by atoms with Gasteiger partial charge in [-0.1, -0.05) is 23.2 Å². The molecule has 0 spiro atoms. The molecule has 0 bridgehead atoms. The van der Waals surface area contributed by atoms with Crippen molar-refractivity contribution in [2.24, 2.45) is 0 Å². The summed E-state index contributed by atoms with van der Waals surface area (Å²) in [6, 6.07) is 5.76. The van der Waals surface area contributed by atoms with Crippen LogP contribution in [0.3, 0.4) is 0 Å². The van der Waals surface area contributed by atoms with E-state index in [0.717, 1.165) is 18.2 Å². The Morgan fingerprint density at radius 3 is 2.29 bits per heavy atom. The topological polar surface area (TPSA) is 49.3 Å². The highest BCUT2D eigenvalue weighted by Crippen LogP contribution is 2.34. The lowest BCUT2D eigenvalue weighted by Crippen LogP contribution is -2.05. The largest absolute Gasteiger partial charge is 0.481 e. The molecule has 2 rings (SSSR count). The average Bonchev–Trinajstić information content (AvgIpc) is 2.35. The summed E-state index contributed by atoms with van der Waals surface area (Å²) in [7, 11) is 0. The molecule has 7 heteroatoms. The van der Waals surface area contributed by atoms with Crippen molar-refractivity contribution in [3.8, 4) is 0 Å². The minimum atomic E-state index is -1.11. The van der Waals surface area contributed by atoms with Gasteiger partial charge < -0.3 is 10.4 Å². The number of carboxylic acid groups (broad SMARTS) is 1. The molecular weight excluding hydrogens is 323 g/mol. The molecular formula is C14H9Cl2F2NO2. The predicted octanol–water partition coefficient (Wildman–Crippen LogP) is 4.64. The fourth-order valence-corrected chi connectivity index (χ4v) is 2.34. The van der Waals surface area contributed by atoms with Crippen LogP contribution in [0.4, 0.5) is 20.2 Å². The summed E-state index contributed by atoms with van der Waals surface area (Å²) >= 11 is 11.8. The van der Waals surface area contributed by atoms with Crippen LogP contribution >= 0.6 is 23.2 Å². The summed E-state index contributed by atoms with van der Waals surface area (Å²) in [5.41, 5.74) is 0.770. The van der Waals surface area contributed by atoms with Gasteiger partial charge >= 0.3 is 5.97 Å². The van der Waals surface area contributed by atoms with Crippen molar-refractivity contribution < 1.29 is 18.7 Å². The molecule has 0 atom stereocenters. The fourth-order valence-electron chi connectivity index (χ4n) is 1.79. The van der Waals surface area contributed by atoms with Crippen molar-refractivity contribution in [1.82, 2.24) is 0 Å². The number of halogens is 4. The minimum Gasteiger partial charge on any atom is -0.481 e. The molecule has 0 unspecified atom stereocenters. The molecule has 2 N–H and O–H groups in total. The molecule has 0 aromatic heterocycles. The highest BCUT2D eigenvalue weighted by atomic mass is 35.5. The maximum atomic E-state index is 13.2. The van der Waals surface area contributed by atoms with Crippen molar-refractivity contribution in [3.63, 3.8) is 0 Å². The van der Waals surface area contributed by atoms with Gasteiger partial charge in [0.05, 0.1) is 22.2 Å². The molecule has 2 aromatic rings. The van der Waals surface area contributed by atoms with E-state index in [1.807, 2.05) is 0 Å². The SMILES string of the molecule is O=C(O)Cc1cc(F)ccc1Nc1c(Cl)cc(F)cc1Cl. The van der Waals surface area contributed by atoms with Gasteiger partial charge in [-0.3, -0.25) is 4.79 Å². The van der Waals surface area contributed by atoms with Crippen molar-refractivity contribution in [2.75, 3.05) is 5.32 Å². The van der Waals surface area contributed by atoms with Crippen LogP contribution in [0, 0.1) is 11.6 Å². The van der Waals surface area contributed by atoms with E-state index in [-0.39, 0.29) is 27.7 Å². The molecule has 0 aliphatic rings. The van der Waals surface area contributed by atoms with E-state index in [0.29, 0.717) is 5.69 Å². The van der Waals surface area contributed by atoms with Crippen molar-refractivity contribution in [3.05, 3.63) is 57.6 Å². The number of anilines is 2. The van der Waals surface area contributed by atoms with Crippen LogP contribution in [-0.2, 0) is 11.2 Å². The standard InChI is InChI=1S/C14H9Cl2F2NO2/c15-10-5-9(18)6-11(16)14(10)19-12-2-1-8(17)3-7(12)4-13(20)21/h1-3,5-6,19H,4H2,(H,20,21). The van der Waals surface area contributed by atoms with E-state index < -0.39 is 17.6 Å². The molecule has 0 aliphatic carbocycles. The number of nitrogens with one attached hydrogen (secondary N) is 1. The van der Waals surface area contributed by atoms with E-state index in [2.05, 4.69) is 5.32 Å². The molecule has 21 heavy (non-hydrogen) atoms. The maximum Gasteiger partial charge on any atom is 0.307 e. The van der Waals surface area contributed by atoms with Crippen molar-refractivity contribution in [1.29, 1.82) is 0 Å². The fraction of sp³-hybridized carbons (Fsp3) is 0.0714. The molecule has 0 aliphatic heterocycles. The zero-order chi connectivity index (χ0) is 15.6. The van der Waals surface area contributed by atoms with Crippen LogP contribution in [0.1, 0.15) is 5.56 Å². The molecule has 0 amide bonds. The average molecular weight is 332 g/mol. The van der Waals surface area contributed by atoms with Gasteiger partial charge in [-0.25, -0.2) is 8.78 Å². The lowest BCUT2D eigenvalue weighted by atomic mass is 10.1. The Morgan fingerprint density at radius 2 is 1.71 bits per heavy atom. The van der Waals surface area contributed by atoms with Gasteiger partial charge in [-0.05, 0) is 35.9 Å². The number of hydrogen-bond donors (Lipinski definition) is 2. The van der Waals surface area contributed by atoms with Crippen molar-refractivity contribution >= 4 is 40.5 Å². The van der Waals surface area contributed by atoms with Gasteiger partial charge in [0.1, 0.15) is 11.6 Å². The number of carbonyl (C=O) groups is 1. The number of rotatable bonds is 4. The Bertz CT molecular complexity index is 684. The first-order valence-electron chi connectivity index (χ1n) is 5.78. The molecule has 0 heterocycles. The van der Waals surface area contributed by atoms with E-state index in [1.54, 1.807) is 0 Å². The summed E-state index contributed by atoms with van der Waals surface area (Å²) in [5, 5.41) is 11.7. The highest BCUT2D eigenvalue weighted by molar-refractivity contribution is 6.39. The summed E-state index contributed by atoms with van der Waals surface area (Å²) < 4.78 is 26.4. The zero-order valence-electron chi connectivity index (χ0n) is 10.5. The maximum absolute atomic E-state index is 13.2. The Balaban J connectivity index is 2.42. The van der Waals surface area contributed by atoms with Gasteiger partial charge in [-0.2, -0.15) is 0 Å². The van der Waals surface area contributed by atoms with Crippen LogP contribution in [0.15, 0.2) is 30.3 Å². The zero-order valence-corrected chi connectivity index (χ0v) is 12.0. The second-order valence-electron chi connectivity index (χ2n) is 4.24. The first kappa shape index (κ1) is 15.5. The van der Waals surface area contributed by atoms with Gasteiger partial charge in [0.2, 0.25) is 0 Å². The van der Waals surface area contributed by atoms with E-state index in [1.165, 1.54) is 12.1 Å². The Hall–Kier alpha value is -1.85.